The lowest BCUT2D eigenvalue weighted by Gasteiger charge is -2.09. The number of nitrogens with zero attached hydrogens (tertiary/aromatic N) is 2. The highest BCUT2D eigenvalue weighted by molar-refractivity contribution is 6.34. The largest absolute Gasteiger partial charge is 0.353 e. The van der Waals surface area contributed by atoms with Gasteiger partial charge in [-0.05, 0) is 18.2 Å². The van der Waals surface area contributed by atoms with Crippen LogP contribution < -0.4 is 5.32 Å². The number of anilines is 2. The van der Waals surface area contributed by atoms with Gasteiger partial charge in [0, 0.05) is 12.3 Å². The number of nitrogens with one attached hydrogen (secondary N) is 1. The highest BCUT2D eigenvalue weighted by atomic mass is 35.5. The van der Waals surface area contributed by atoms with Crippen LogP contribution in [-0.2, 0) is 0 Å². The molecule has 0 aliphatic rings. The van der Waals surface area contributed by atoms with Crippen LogP contribution in [0, 0.1) is 17.1 Å². The number of nitriles is 1. The molecule has 1 aromatic carbocycles. The third-order valence-electron chi connectivity index (χ3n) is 2.19. The summed E-state index contributed by atoms with van der Waals surface area (Å²) >= 11 is 11.7. The number of pyridine rings is 1. The molecular formula is C12H6Cl2FN3. The Morgan fingerprint density at radius 1 is 1.22 bits per heavy atom. The second-order valence-electron chi connectivity index (χ2n) is 3.41. The Labute approximate surface area is 113 Å². The van der Waals surface area contributed by atoms with Gasteiger partial charge in [-0.15, -0.1) is 0 Å². The maximum atomic E-state index is 13.0. The summed E-state index contributed by atoms with van der Waals surface area (Å²) in [4.78, 5) is 3.81. The number of halogens is 3. The number of benzene rings is 1. The van der Waals surface area contributed by atoms with Crippen molar-refractivity contribution in [2.45, 2.75) is 0 Å². The van der Waals surface area contributed by atoms with E-state index in [4.69, 9.17) is 28.5 Å². The molecule has 0 atom stereocenters. The first-order valence-corrected chi connectivity index (χ1v) is 5.63. The fourth-order valence-electron chi connectivity index (χ4n) is 1.37. The Balaban J connectivity index is 2.40. The summed E-state index contributed by atoms with van der Waals surface area (Å²) < 4.78 is 13.0. The van der Waals surface area contributed by atoms with Gasteiger partial charge in [0.05, 0.1) is 22.0 Å². The van der Waals surface area contributed by atoms with Crippen molar-refractivity contribution in [3.8, 4) is 6.07 Å². The number of aromatic nitrogens is 1. The van der Waals surface area contributed by atoms with Gasteiger partial charge < -0.3 is 5.32 Å². The SMILES string of the molecule is N#Cc1cc(F)ccc1Nc1cc(Cl)ncc1Cl. The minimum atomic E-state index is -0.476. The van der Waals surface area contributed by atoms with Gasteiger partial charge in [0.15, 0.2) is 0 Å². The fourth-order valence-corrected chi connectivity index (χ4v) is 1.68. The van der Waals surface area contributed by atoms with Gasteiger partial charge in [0.25, 0.3) is 0 Å². The predicted octanol–water partition coefficient (Wildman–Crippen LogP) is 4.14. The van der Waals surface area contributed by atoms with E-state index in [2.05, 4.69) is 10.3 Å². The summed E-state index contributed by atoms with van der Waals surface area (Å²) in [5.74, 6) is -0.476. The van der Waals surface area contributed by atoms with Gasteiger partial charge in [-0.2, -0.15) is 5.26 Å². The van der Waals surface area contributed by atoms with E-state index in [1.54, 1.807) is 0 Å². The van der Waals surface area contributed by atoms with Crippen LogP contribution in [0.2, 0.25) is 10.2 Å². The Hall–Kier alpha value is -1.83. The average molecular weight is 282 g/mol. The summed E-state index contributed by atoms with van der Waals surface area (Å²) in [5.41, 5.74) is 1.13. The van der Waals surface area contributed by atoms with E-state index in [9.17, 15) is 4.39 Å². The average Bonchev–Trinajstić information content (AvgIpc) is 2.36. The Morgan fingerprint density at radius 2 is 2.00 bits per heavy atom. The van der Waals surface area contributed by atoms with Crippen LogP contribution in [0.1, 0.15) is 5.56 Å². The molecule has 0 unspecified atom stereocenters. The molecular weight excluding hydrogens is 276 g/mol. The van der Waals surface area contributed by atoms with Crippen molar-refractivity contribution in [2.75, 3.05) is 5.32 Å². The molecule has 1 heterocycles. The van der Waals surface area contributed by atoms with Crippen LogP contribution in [0.5, 0.6) is 0 Å². The van der Waals surface area contributed by atoms with Crippen molar-refractivity contribution in [3.05, 3.63) is 52.0 Å². The van der Waals surface area contributed by atoms with E-state index in [-0.39, 0.29) is 10.7 Å². The van der Waals surface area contributed by atoms with E-state index in [1.807, 2.05) is 6.07 Å². The standard InChI is InChI=1S/C12H6Cl2FN3/c13-9-6-17-12(14)4-11(9)18-10-2-1-8(15)3-7(10)5-16/h1-4,6H,(H,17,18). The minimum absolute atomic E-state index is 0.180. The van der Waals surface area contributed by atoms with Crippen molar-refractivity contribution in [3.63, 3.8) is 0 Å². The third-order valence-corrected chi connectivity index (χ3v) is 2.70. The van der Waals surface area contributed by atoms with Crippen molar-refractivity contribution in [2.24, 2.45) is 0 Å². The highest BCUT2D eigenvalue weighted by Gasteiger charge is 2.07. The molecule has 0 radical (unpaired) electrons. The Morgan fingerprint density at radius 3 is 2.72 bits per heavy atom. The molecule has 0 fully saturated rings. The zero-order valence-corrected chi connectivity index (χ0v) is 10.4. The zero-order chi connectivity index (χ0) is 13.1. The molecule has 90 valence electrons. The Kier molecular flexibility index (Phi) is 3.66. The van der Waals surface area contributed by atoms with Crippen molar-refractivity contribution in [1.82, 2.24) is 4.98 Å². The van der Waals surface area contributed by atoms with Crippen LogP contribution in [0.15, 0.2) is 30.5 Å². The van der Waals surface area contributed by atoms with Gasteiger partial charge in [-0.3, -0.25) is 0 Å². The maximum absolute atomic E-state index is 13.0. The van der Waals surface area contributed by atoms with E-state index < -0.39 is 5.82 Å². The molecule has 0 bridgehead atoms. The Bertz CT molecular complexity index is 638. The molecule has 0 saturated carbocycles. The van der Waals surface area contributed by atoms with E-state index in [0.29, 0.717) is 16.4 Å². The lowest BCUT2D eigenvalue weighted by Crippen LogP contribution is -1.95. The smallest absolute Gasteiger partial charge is 0.131 e. The number of rotatable bonds is 2. The summed E-state index contributed by atoms with van der Waals surface area (Å²) in [6.45, 7) is 0. The summed E-state index contributed by atoms with van der Waals surface area (Å²) in [7, 11) is 0. The molecule has 0 aliphatic carbocycles. The molecule has 2 aromatic rings. The topological polar surface area (TPSA) is 48.7 Å². The molecule has 1 aromatic heterocycles. The molecule has 1 N–H and O–H groups in total. The first-order valence-electron chi connectivity index (χ1n) is 4.88. The van der Waals surface area contributed by atoms with Crippen LogP contribution in [-0.4, -0.2) is 4.98 Å². The lowest BCUT2D eigenvalue weighted by atomic mass is 10.2. The lowest BCUT2D eigenvalue weighted by molar-refractivity contribution is 0.627. The van der Waals surface area contributed by atoms with Gasteiger partial charge in [-0.25, -0.2) is 9.37 Å². The first kappa shape index (κ1) is 12.6. The normalized spacial score (nSPS) is 9.89. The first-order chi connectivity index (χ1) is 8.60. The van der Waals surface area contributed by atoms with Gasteiger partial charge in [0.2, 0.25) is 0 Å². The van der Waals surface area contributed by atoms with E-state index >= 15 is 0 Å². The monoisotopic (exact) mass is 281 g/mol. The third kappa shape index (κ3) is 2.70. The number of hydrogen-bond donors (Lipinski definition) is 1. The van der Waals surface area contributed by atoms with Crippen LogP contribution in [0.3, 0.4) is 0 Å². The van der Waals surface area contributed by atoms with E-state index in [1.165, 1.54) is 24.4 Å². The molecule has 3 nitrogen and oxygen atoms in total. The van der Waals surface area contributed by atoms with Gasteiger partial charge in [-0.1, -0.05) is 23.2 Å². The van der Waals surface area contributed by atoms with Crippen molar-refractivity contribution in [1.29, 1.82) is 5.26 Å². The van der Waals surface area contributed by atoms with E-state index in [0.717, 1.165) is 6.07 Å². The fraction of sp³-hybridized carbons (Fsp3) is 0. The molecule has 0 spiro atoms. The van der Waals surface area contributed by atoms with Gasteiger partial charge in [0.1, 0.15) is 17.0 Å². The summed E-state index contributed by atoms with van der Waals surface area (Å²) in [6.07, 6.45) is 1.39. The van der Waals surface area contributed by atoms with Crippen molar-refractivity contribution >= 4 is 34.6 Å². The molecule has 18 heavy (non-hydrogen) atoms. The molecule has 0 aliphatic heterocycles. The van der Waals surface area contributed by atoms with Crippen LogP contribution in [0.25, 0.3) is 0 Å². The minimum Gasteiger partial charge on any atom is -0.353 e. The maximum Gasteiger partial charge on any atom is 0.131 e. The second-order valence-corrected chi connectivity index (χ2v) is 4.21. The molecule has 0 saturated heterocycles. The zero-order valence-electron chi connectivity index (χ0n) is 8.92. The van der Waals surface area contributed by atoms with Crippen LogP contribution in [0.4, 0.5) is 15.8 Å². The quantitative estimate of drug-likeness (QED) is 0.842. The van der Waals surface area contributed by atoms with Crippen LogP contribution >= 0.6 is 23.2 Å². The van der Waals surface area contributed by atoms with Crippen molar-refractivity contribution < 1.29 is 4.39 Å². The highest BCUT2D eigenvalue weighted by Crippen LogP contribution is 2.28. The predicted molar refractivity (Wildman–Crippen MR) is 68.7 cm³/mol. The summed E-state index contributed by atoms with van der Waals surface area (Å²) in [5, 5.41) is 12.5. The molecule has 0 amide bonds. The molecule has 6 heteroatoms. The summed E-state index contributed by atoms with van der Waals surface area (Å²) in [6, 6.07) is 7.26. The van der Waals surface area contributed by atoms with Gasteiger partial charge >= 0.3 is 0 Å². The number of hydrogen-bond acceptors (Lipinski definition) is 3. The second kappa shape index (κ2) is 5.21. The molecule has 2 rings (SSSR count).